The van der Waals surface area contributed by atoms with Crippen LogP contribution in [0.5, 0.6) is 11.5 Å². The Labute approximate surface area is 186 Å². The average molecular weight is 437 g/mol. The van der Waals surface area contributed by atoms with Gasteiger partial charge in [0.05, 0.1) is 0 Å². The number of ether oxygens (including phenoxy) is 2. The number of fused-ring (bicyclic) bond motifs is 1. The zero-order valence-electron chi connectivity index (χ0n) is 18.0. The van der Waals surface area contributed by atoms with Gasteiger partial charge in [-0.2, -0.15) is 0 Å². The van der Waals surface area contributed by atoms with E-state index in [1.165, 1.54) is 7.05 Å². The Bertz CT molecular complexity index is 986. The molecule has 3 amide bonds. The molecule has 1 atom stereocenters. The number of likely N-dealkylation sites (tertiary alicyclic amines) is 1. The maximum absolute atomic E-state index is 13.1. The van der Waals surface area contributed by atoms with E-state index in [0.717, 1.165) is 5.56 Å². The number of nitrogens with zero attached hydrogens (tertiary/aromatic N) is 1. The summed E-state index contributed by atoms with van der Waals surface area (Å²) in [5.74, 6) is 0.831. The van der Waals surface area contributed by atoms with Crippen LogP contribution in [0, 0.1) is 5.92 Å². The molecule has 2 N–H and O–H groups in total. The second-order valence-corrected chi connectivity index (χ2v) is 7.91. The van der Waals surface area contributed by atoms with E-state index in [-0.39, 0.29) is 17.6 Å². The molecular formula is C24H27N3O5. The molecule has 1 fully saturated rings. The molecule has 0 bridgehead atoms. The molecule has 2 aromatic carbocycles. The highest BCUT2D eigenvalue weighted by Crippen LogP contribution is 2.33. The molecule has 0 aromatic heterocycles. The standard InChI is InChI=1S/C24H27N3O5/c1-25-24(30)26-23(29)21(16-5-3-2-4-6-16)27-11-9-17(10-12-27)22(28)18-7-8-19-20(15-18)32-14-13-31-19/h2-8,15,17,21H,9-14H2,1H3,(H2,25,26,29,30). The maximum atomic E-state index is 13.1. The first-order valence-corrected chi connectivity index (χ1v) is 10.8. The minimum atomic E-state index is -0.598. The van der Waals surface area contributed by atoms with Crippen LogP contribution in [-0.4, -0.2) is 56.0 Å². The van der Waals surface area contributed by atoms with Crippen LogP contribution in [0.3, 0.4) is 0 Å². The molecule has 1 unspecified atom stereocenters. The van der Waals surface area contributed by atoms with Gasteiger partial charge < -0.3 is 14.8 Å². The fourth-order valence-corrected chi connectivity index (χ4v) is 4.26. The minimum absolute atomic E-state index is 0.0766. The first-order chi connectivity index (χ1) is 15.6. The fourth-order valence-electron chi connectivity index (χ4n) is 4.26. The number of urea groups is 1. The zero-order valence-corrected chi connectivity index (χ0v) is 18.0. The minimum Gasteiger partial charge on any atom is -0.486 e. The highest BCUT2D eigenvalue weighted by atomic mass is 16.6. The third kappa shape index (κ3) is 4.75. The third-order valence-corrected chi connectivity index (χ3v) is 5.92. The monoisotopic (exact) mass is 437 g/mol. The molecule has 0 radical (unpaired) electrons. The van der Waals surface area contributed by atoms with Crippen LogP contribution in [-0.2, 0) is 4.79 Å². The summed E-state index contributed by atoms with van der Waals surface area (Å²) in [6.45, 7) is 2.13. The maximum Gasteiger partial charge on any atom is 0.321 e. The van der Waals surface area contributed by atoms with Crippen LogP contribution >= 0.6 is 0 Å². The molecule has 4 rings (SSSR count). The number of hydrogen-bond donors (Lipinski definition) is 2. The summed E-state index contributed by atoms with van der Waals surface area (Å²) in [5, 5.41) is 4.80. The van der Waals surface area contributed by atoms with Gasteiger partial charge in [0.15, 0.2) is 17.3 Å². The van der Waals surface area contributed by atoms with Crippen molar-refractivity contribution in [3.05, 3.63) is 59.7 Å². The van der Waals surface area contributed by atoms with Crippen molar-refractivity contribution in [3.8, 4) is 11.5 Å². The highest BCUT2D eigenvalue weighted by molar-refractivity contribution is 5.99. The average Bonchev–Trinajstić information content (AvgIpc) is 2.84. The fraction of sp³-hybridized carbons (Fsp3) is 0.375. The number of piperidine rings is 1. The van der Waals surface area contributed by atoms with E-state index >= 15 is 0 Å². The predicted molar refractivity (Wildman–Crippen MR) is 118 cm³/mol. The van der Waals surface area contributed by atoms with E-state index < -0.39 is 12.1 Å². The number of carbonyl (C=O) groups is 3. The van der Waals surface area contributed by atoms with Crippen molar-refractivity contribution in [1.82, 2.24) is 15.5 Å². The van der Waals surface area contributed by atoms with Crippen molar-refractivity contribution in [2.24, 2.45) is 5.92 Å². The summed E-state index contributed by atoms with van der Waals surface area (Å²) in [6.07, 6.45) is 1.26. The van der Waals surface area contributed by atoms with Crippen molar-refractivity contribution in [3.63, 3.8) is 0 Å². The van der Waals surface area contributed by atoms with E-state index in [1.54, 1.807) is 18.2 Å². The molecule has 0 spiro atoms. The summed E-state index contributed by atoms with van der Waals surface area (Å²) in [6, 6.07) is 13.6. The van der Waals surface area contributed by atoms with Crippen molar-refractivity contribution in [2.45, 2.75) is 18.9 Å². The Morgan fingerprint density at radius 2 is 1.66 bits per heavy atom. The number of rotatable bonds is 5. The van der Waals surface area contributed by atoms with E-state index in [0.29, 0.717) is 56.2 Å². The highest BCUT2D eigenvalue weighted by Gasteiger charge is 2.34. The van der Waals surface area contributed by atoms with Crippen LogP contribution < -0.4 is 20.1 Å². The lowest BCUT2D eigenvalue weighted by Crippen LogP contribution is -2.48. The molecule has 2 heterocycles. The number of benzene rings is 2. The molecule has 8 nitrogen and oxygen atoms in total. The van der Waals surface area contributed by atoms with Crippen LogP contribution in [0.2, 0.25) is 0 Å². The van der Waals surface area contributed by atoms with Gasteiger partial charge in [0.25, 0.3) is 0 Å². The van der Waals surface area contributed by atoms with E-state index in [1.807, 2.05) is 35.2 Å². The van der Waals surface area contributed by atoms with Gasteiger partial charge in [-0.1, -0.05) is 30.3 Å². The Balaban J connectivity index is 1.45. The van der Waals surface area contributed by atoms with Gasteiger partial charge in [0.2, 0.25) is 5.91 Å². The largest absolute Gasteiger partial charge is 0.486 e. The summed E-state index contributed by atoms with van der Waals surface area (Å²) in [4.78, 5) is 39.7. The van der Waals surface area contributed by atoms with Crippen LogP contribution in [0.15, 0.2) is 48.5 Å². The zero-order chi connectivity index (χ0) is 22.5. The Hall–Kier alpha value is -3.39. The molecule has 1 saturated heterocycles. The van der Waals surface area contributed by atoms with Crippen molar-refractivity contribution < 1.29 is 23.9 Å². The summed E-state index contributed by atoms with van der Waals surface area (Å²) in [5.41, 5.74) is 1.43. The van der Waals surface area contributed by atoms with Gasteiger partial charge in [-0.15, -0.1) is 0 Å². The first kappa shape index (κ1) is 21.8. The number of imide groups is 1. The third-order valence-electron chi connectivity index (χ3n) is 5.92. The predicted octanol–water partition coefficient (Wildman–Crippen LogP) is 2.55. The summed E-state index contributed by atoms with van der Waals surface area (Å²) >= 11 is 0. The van der Waals surface area contributed by atoms with Gasteiger partial charge >= 0.3 is 6.03 Å². The molecule has 2 aliphatic rings. The van der Waals surface area contributed by atoms with E-state index in [9.17, 15) is 14.4 Å². The van der Waals surface area contributed by atoms with Crippen molar-refractivity contribution in [1.29, 1.82) is 0 Å². The van der Waals surface area contributed by atoms with E-state index in [4.69, 9.17) is 9.47 Å². The molecule has 2 aromatic rings. The van der Waals surface area contributed by atoms with Crippen LogP contribution in [0.4, 0.5) is 4.79 Å². The van der Waals surface area contributed by atoms with Crippen molar-refractivity contribution >= 4 is 17.7 Å². The summed E-state index contributed by atoms with van der Waals surface area (Å²) < 4.78 is 11.1. The topological polar surface area (TPSA) is 97.0 Å². The van der Waals surface area contributed by atoms with Gasteiger partial charge in [-0.25, -0.2) is 4.79 Å². The van der Waals surface area contributed by atoms with Crippen LogP contribution in [0.25, 0.3) is 0 Å². The number of amides is 3. The molecule has 2 aliphatic heterocycles. The Morgan fingerprint density at radius 1 is 0.969 bits per heavy atom. The second-order valence-electron chi connectivity index (χ2n) is 7.91. The van der Waals surface area contributed by atoms with Crippen molar-refractivity contribution in [2.75, 3.05) is 33.4 Å². The molecule has 0 aliphatic carbocycles. The number of ketones is 1. The molecule has 32 heavy (non-hydrogen) atoms. The normalized spacial score (nSPS) is 17.3. The lowest BCUT2D eigenvalue weighted by Gasteiger charge is -2.36. The van der Waals surface area contributed by atoms with Gasteiger partial charge in [-0.3, -0.25) is 19.8 Å². The SMILES string of the molecule is CNC(=O)NC(=O)C(c1ccccc1)N1CCC(C(=O)c2ccc3c(c2)OCCO3)CC1. The molecular weight excluding hydrogens is 410 g/mol. The number of hydrogen-bond acceptors (Lipinski definition) is 6. The number of nitrogens with one attached hydrogen (secondary N) is 2. The Morgan fingerprint density at radius 3 is 2.34 bits per heavy atom. The van der Waals surface area contributed by atoms with E-state index in [2.05, 4.69) is 10.6 Å². The lowest BCUT2D eigenvalue weighted by molar-refractivity contribution is -0.126. The Kier molecular flexibility index (Phi) is 6.70. The second kappa shape index (κ2) is 9.82. The van der Waals surface area contributed by atoms with Crippen LogP contribution in [0.1, 0.15) is 34.8 Å². The summed E-state index contributed by atoms with van der Waals surface area (Å²) in [7, 11) is 1.47. The van der Waals surface area contributed by atoms with Gasteiger partial charge in [-0.05, 0) is 49.7 Å². The quantitative estimate of drug-likeness (QED) is 0.698. The van der Waals surface area contributed by atoms with Gasteiger partial charge in [0, 0.05) is 18.5 Å². The molecule has 8 heteroatoms. The van der Waals surface area contributed by atoms with Gasteiger partial charge in [0.1, 0.15) is 19.3 Å². The lowest BCUT2D eigenvalue weighted by atomic mass is 9.87. The smallest absolute Gasteiger partial charge is 0.321 e. The number of carbonyl (C=O) groups excluding carboxylic acids is 3. The molecule has 0 saturated carbocycles. The first-order valence-electron chi connectivity index (χ1n) is 10.8. The molecule has 168 valence electrons. The number of Topliss-reactive ketones (excluding diaryl/α,β-unsaturated/α-hetero) is 1.